The molecule has 0 aliphatic heterocycles. The molecule has 0 radical (unpaired) electrons. The lowest BCUT2D eigenvalue weighted by Crippen LogP contribution is -2.15. The zero-order valence-electron chi connectivity index (χ0n) is 12.0. The molecular weight excluding hydrogens is 350 g/mol. The SMILES string of the molecule is COc1ccc(Br)cc1Nc1cc(C)nc(C)c1C(N)=S. The van der Waals surface area contributed by atoms with Gasteiger partial charge in [-0.05, 0) is 38.1 Å². The predicted octanol–water partition coefficient (Wildman–Crippen LogP) is 3.85. The number of methoxy groups -OCH3 is 1. The number of ether oxygens (including phenoxy) is 1. The Morgan fingerprint density at radius 1 is 1.29 bits per heavy atom. The van der Waals surface area contributed by atoms with Crippen LogP contribution in [0, 0.1) is 13.8 Å². The van der Waals surface area contributed by atoms with Crippen LogP contribution >= 0.6 is 28.1 Å². The number of aryl methyl sites for hydroxylation is 2. The number of hydrogen-bond donors (Lipinski definition) is 2. The molecule has 0 amide bonds. The minimum Gasteiger partial charge on any atom is -0.495 e. The molecular formula is C15H16BrN3OS. The number of halogens is 1. The molecule has 0 aliphatic rings. The molecule has 1 aromatic carbocycles. The number of thiocarbonyl (C=S) groups is 1. The van der Waals surface area contributed by atoms with Crippen molar-refractivity contribution in [3.63, 3.8) is 0 Å². The van der Waals surface area contributed by atoms with E-state index in [0.29, 0.717) is 4.99 Å². The standard InChI is InChI=1S/C15H16BrN3OS/c1-8-6-12(14(15(17)21)9(2)18-8)19-11-7-10(16)4-5-13(11)20-3/h4-7H,1-3H3,(H2,17,21)(H,18,19). The van der Waals surface area contributed by atoms with Crippen LogP contribution in [0.4, 0.5) is 11.4 Å². The molecule has 110 valence electrons. The van der Waals surface area contributed by atoms with Crippen LogP contribution in [-0.4, -0.2) is 17.1 Å². The fraction of sp³-hybridized carbons (Fsp3) is 0.200. The summed E-state index contributed by atoms with van der Waals surface area (Å²) in [4.78, 5) is 4.73. The van der Waals surface area contributed by atoms with Crippen molar-refractivity contribution in [1.82, 2.24) is 4.98 Å². The van der Waals surface area contributed by atoms with E-state index in [9.17, 15) is 0 Å². The molecule has 0 atom stereocenters. The summed E-state index contributed by atoms with van der Waals surface area (Å²) >= 11 is 8.60. The summed E-state index contributed by atoms with van der Waals surface area (Å²) in [6.07, 6.45) is 0. The Bertz CT molecular complexity index is 704. The van der Waals surface area contributed by atoms with E-state index in [1.165, 1.54) is 0 Å². The number of nitrogens with one attached hydrogen (secondary N) is 1. The van der Waals surface area contributed by atoms with E-state index in [-0.39, 0.29) is 0 Å². The Hall–Kier alpha value is -1.66. The van der Waals surface area contributed by atoms with Gasteiger partial charge in [-0.3, -0.25) is 4.98 Å². The Labute approximate surface area is 137 Å². The lowest BCUT2D eigenvalue weighted by atomic mass is 10.1. The zero-order chi connectivity index (χ0) is 15.6. The number of hydrogen-bond acceptors (Lipinski definition) is 4. The van der Waals surface area contributed by atoms with Gasteiger partial charge in [0.1, 0.15) is 10.7 Å². The quantitative estimate of drug-likeness (QED) is 0.805. The number of pyridine rings is 1. The first-order valence-corrected chi connectivity index (χ1v) is 7.51. The van der Waals surface area contributed by atoms with Crippen molar-refractivity contribution in [3.05, 3.63) is 45.7 Å². The van der Waals surface area contributed by atoms with E-state index < -0.39 is 0 Å². The minimum absolute atomic E-state index is 0.316. The van der Waals surface area contributed by atoms with Gasteiger partial charge in [0.05, 0.1) is 24.0 Å². The van der Waals surface area contributed by atoms with Crippen LogP contribution in [0.15, 0.2) is 28.7 Å². The zero-order valence-corrected chi connectivity index (χ0v) is 14.4. The maximum absolute atomic E-state index is 5.83. The largest absolute Gasteiger partial charge is 0.495 e. The second-order valence-electron chi connectivity index (χ2n) is 4.61. The Kier molecular flexibility index (Phi) is 4.80. The summed E-state index contributed by atoms with van der Waals surface area (Å²) in [5, 5.41) is 3.33. The van der Waals surface area contributed by atoms with Crippen molar-refractivity contribution < 1.29 is 4.74 Å². The van der Waals surface area contributed by atoms with Gasteiger partial charge in [0.15, 0.2) is 0 Å². The van der Waals surface area contributed by atoms with Gasteiger partial charge in [-0.15, -0.1) is 0 Å². The fourth-order valence-electron chi connectivity index (χ4n) is 2.16. The molecule has 1 heterocycles. The maximum Gasteiger partial charge on any atom is 0.142 e. The lowest BCUT2D eigenvalue weighted by molar-refractivity contribution is 0.417. The third kappa shape index (κ3) is 3.51. The van der Waals surface area contributed by atoms with Crippen LogP contribution in [0.1, 0.15) is 17.0 Å². The number of benzene rings is 1. The average Bonchev–Trinajstić information content (AvgIpc) is 2.37. The molecule has 21 heavy (non-hydrogen) atoms. The van der Waals surface area contributed by atoms with Crippen molar-refractivity contribution in [1.29, 1.82) is 0 Å². The molecule has 2 aromatic rings. The highest BCUT2D eigenvalue weighted by atomic mass is 79.9. The lowest BCUT2D eigenvalue weighted by Gasteiger charge is -2.16. The van der Waals surface area contributed by atoms with Gasteiger partial charge in [-0.1, -0.05) is 28.1 Å². The normalized spacial score (nSPS) is 10.3. The summed E-state index contributed by atoms with van der Waals surface area (Å²) < 4.78 is 6.32. The molecule has 0 unspecified atom stereocenters. The summed E-state index contributed by atoms with van der Waals surface area (Å²) in [5.41, 5.74) is 9.93. The molecule has 0 spiro atoms. The van der Waals surface area contributed by atoms with Crippen LogP contribution in [-0.2, 0) is 0 Å². The molecule has 3 N–H and O–H groups in total. The van der Waals surface area contributed by atoms with Crippen LogP contribution in [0.3, 0.4) is 0 Å². The van der Waals surface area contributed by atoms with E-state index in [1.54, 1.807) is 7.11 Å². The molecule has 0 saturated heterocycles. The smallest absolute Gasteiger partial charge is 0.142 e. The van der Waals surface area contributed by atoms with Crippen LogP contribution in [0.25, 0.3) is 0 Å². The van der Waals surface area contributed by atoms with Gasteiger partial charge in [0.2, 0.25) is 0 Å². The highest BCUT2D eigenvalue weighted by Crippen LogP contribution is 2.32. The molecule has 6 heteroatoms. The number of nitrogens with two attached hydrogens (primary N) is 1. The Morgan fingerprint density at radius 2 is 2.00 bits per heavy atom. The van der Waals surface area contributed by atoms with Crippen molar-refractivity contribution in [2.75, 3.05) is 12.4 Å². The molecule has 0 fully saturated rings. The Morgan fingerprint density at radius 3 is 2.62 bits per heavy atom. The number of rotatable bonds is 4. The van der Waals surface area contributed by atoms with Gasteiger partial charge >= 0.3 is 0 Å². The van der Waals surface area contributed by atoms with Gasteiger partial charge in [0.25, 0.3) is 0 Å². The summed E-state index contributed by atoms with van der Waals surface area (Å²) in [5.74, 6) is 0.735. The molecule has 4 nitrogen and oxygen atoms in total. The first-order valence-electron chi connectivity index (χ1n) is 6.31. The second-order valence-corrected chi connectivity index (χ2v) is 5.96. The van der Waals surface area contributed by atoms with Crippen LogP contribution < -0.4 is 15.8 Å². The van der Waals surface area contributed by atoms with Crippen LogP contribution in [0.5, 0.6) is 5.75 Å². The Balaban J connectivity index is 2.53. The van der Waals surface area contributed by atoms with Gasteiger partial charge in [-0.2, -0.15) is 0 Å². The third-order valence-electron chi connectivity index (χ3n) is 3.01. The molecule has 0 saturated carbocycles. The average molecular weight is 366 g/mol. The number of nitrogens with zero attached hydrogens (tertiary/aromatic N) is 1. The van der Waals surface area contributed by atoms with E-state index in [0.717, 1.165) is 38.5 Å². The molecule has 2 rings (SSSR count). The van der Waals surface area contributed by atoms with Crippen molar-refractivity contribution in [3.8, 4) is 5.75 Å². The highest BCUT2D eigenvalue weighted by Gasteiger charge is 2.13. The summed E-state index contributed by atoms with van der Waals surface area (Å²) in [6, 6.07) is 7.66. The number of anilines is 2. The van der Waals surface area contributed by atoms with E-state index >= 15 is 0 Å². The third-order valence-corrected chi connectivity index (χ3v) is 3.70. The van der Waals surface area contributed by atoms with E-state index in [4.69, 9.17) is 22.7 Å². The van der Waals surface area contributed by atoms with Crippen molar-refractivity contribution in [2.24, 2.45) is 5.73 Å². The molecule has 0 aliphatic carbocycles. The first kappa shape index (κ1) is 15.7. The summed E-state index contributed by atoms with van der Waals surface area (Å²) in [7, 11) is 1.63. The molecule has 1 aromatic heterocycles. The topological polar surface area (TPSA) is 60.2 Å². The predicted molar refractivity (Wildman–Crippen MR) is 93.6 cm³/mol. The van der Waals surface area contributed by atoms with Gasteiger partial charge in [-0.25, -0.2) is 0 Å². The van der Waals surface area contributed by atoms with Crippen molar-refractivity contribution in [2.45, 2.75) is 13.8 Å². The van der Waals surface area contributed by atoms with Gasteiger partial charge < -0.3 is 15.8 Å². The summed E-state index contributed by atoms with van der Waals surface area (Å²) in [6.45, 7) is 3.82. The minimum atomic E-state index is 0.316. The van der Waals surface area contributed by atoms with E-state index in [1.807, 2.05) is 38.1 Å². The van der Waals surface area contributed by atoms with Crippen LogP contribution in [0.2, 0.25) is 0 Å². The van der Waals surface area contributed by atoms with Crippen molar-refractivity contribution >= 4 is 44.5 Å². The highest BCUT2D eigenvalue weighted by molar-refractivity contribution is 9.10. The first-order chi connectivity index (χ1) is 9.92. The fourth-order valence-corrected chi connectivity index (χ4v) is 2.78. The maximum atomic E-state index is 5.83. The van der Waals surface area contributed by atoms with Gasteiger partial charge in [0, 0.05) is 15.9 Å². The van der Waals surface area contributed by atoms with E-state index in [2.05, 4.69) is 26.2 Å². The number of aromatic nitrogens is 1. The monoisotopic (exact) mass is 365 g/mol. The molecule has 0 bridgehead atoms. The second kappa shape index (κ2) is 6.41.